The second kappa shape index (κ2) is 4.59. The van der Waals surface area contributed by atoms with E-state index in [1.807, 2.05) is 0 Å². The minimum Gasteiger partial charge on any atom is -0.508 e. The molecular formula is C11H13NO3. The van der Waals surface area contributed by atoms with Gasteiger partial charge >= 0.3 is 0 Å². The molecule has 0 atom stereocenters. The summed E-state index contributed by atoms with van der Waals surface area (Å²) in [5.74, 6) is 0.155. The van der Waals surface area contributed by atoms with E-state index in [4.69, 9.17) is 0 Å². The Balaban J connectivity index is 3.07. The number of nitro groups is 1. The lowest BCUT2D eigenvalue weighted by Crippen LogP contribution is -1.96. The van der Waals surface area contributed by atoms with E-state index in [1.165, 1.54) is 12.1 Å². The minimum atomic E-state index is -0.406. The molecule has 1 aromatic rings. The van der Waals surface area contributed by atoms with Crippen LogP contribution in [0.15, 0.2) is 23.9 Å². The average Bonchev–Trinajstić information content (AvgIpc) is 2.19. The van der Waals surface area contributed by atoms with Crippen LogP contribution in [0, 0.1) is 17.0 Å². The Kier molecular flexibility index (Phi) is 3.44. The summed E-state index contributed by atoms with van der Waals surface area (Å²) in [6.45, 7) is 3.50. The van der Waals surface area contributed by atoms with E-state index in [1.54, 1.807) is 26.0 Å². The van der Waals surface area contributed by atoms with Crippen LogP contribution in [0.1, 0.15) is 24.5 Å². The first-order chi connectivity index (χ1) is 7.04. The number of aryl methyl sites for hydroxylation is 1. The van der Waals surface area contributed by atoms with Gasteiger partial charge in [-0.25, -0.2) is 0 Å². The van der Waals surface area contributed by atoms with Crippen molar-refractivity contribution in [1.82, 2.24) is 0 Å². The van der Waals surface area contributed by atoms with Gasteiger partial charge in [-0.3, -0.25) is 10.1 Å². The number of hydrogen-bond donors (Lipinski definition) is 1. The normalized spacial score (nSPS) is 11.5. The third kappa shape index (κ3) is 2.80. The van der Waals surface area contributed by atoms with E-state index in [2.05, 4.69) is 0 Å². The lowest BCUT2D eigenvalue weighted by molar-refractivity contribution is -0.425. The lowest BCUT2D eigenvalue weighted by atomic mass is 10.1. The van der Waals surface area contributed by atoms with Crippen LogP contribution in [-0.4, -0.2) is 10.0 Å². The lowest BCUT2D eigenvalue weighted by Gasteiger charge is -2.00. The van der Waals surface area contributed by atoms with E-state index in [0.717, 1.165) is 5.56 Å². The van der Waals surface area contributed by atoms with Crippen molar-refractivity contribution in [3.63, 3.8) is 0 Å². The molecule has 4 nitrogen and oxygen atoms in total. The second-order valence-electron chi connectivity index (χ2n) is 3.29. The quantitative estimate of drug-likeness (QED) is 0.612. The van der Waals surface area contributed by atoms with Gasteiger partial charge in [0.05, 0.1) is 4.92 Å². The van der Waals surface area contributed by atoms with Crippen LogP contribution in [0.4, 0.5) is 0 Å². The molecule has 0 aliphatic rings. The zero-order chi connectivity index (χ0) is 11.4. The van der Waals surface area contributed by atoms with Gasteiger partial charge in [-0.05, 0) is 24.1 Å². The van der Waals surface area contributed by atoms with Gasteiger partial charge in [0.2, 0.25) is 5.70 Å². The largest absolute Gasteiger partial charge is 0.508 e. The maximum Gasteiger partial charge on any atom is 0.246 e. The van der Waals surface area contributed by atoms with Crippen LogP contribution in [-0.2, 0) is 0 Å². The summed E-state index contributed by atoms with van der Waals surface area (Å²) in [5.41, 5.74) is 1.54. The van der Waals surface area contributed by atoms with Crippen molar-refractivity contribution in [2.75, 3.05) is 0 Å². The number of allylic oxidation sites excluding steroid dienone is 1. The standard InChI is InChI=1S/C11H13NO3/c1-3-10(12(14)15)6-9-5-4-8(2)11(13)7-9/h4-7,13H,3H2,1-2H3/b10-6-. The van der Waals surface area contributed by atoms with Crippen LogP contribution >= 0.6 is 0 Å². The van der Waals surface area contributed by atoms with E-state index < -0.39 is 4.92 Å². The molecule has 0 radical (unpaired) electrons. The molecular weight excluding hydrogens is 194 g/mol. The van der Waals surface area contributed by atoms with Gasteiger partial charge < -0.3 is 5.11 Å². The first-order valence-electron chi connectivity index (χ1n) is 4.69. The SMILES string of the molecule is CC/C(=C/c1ccc(C)c(O)c1)[N+](=O)[O-]. The molecule has 1 rings (SSSR count). The number of phenols is 1. The monoisotopic (exact) mass is 207 g/mol. The molecule has 0 aromatic heterocycles. The number of rotatable bonds is 3. The van der Waals surface area contributed by atoms with E-state index in [0.29, 0.717) is 12.0 Å². The van der Waals surface area contributed by atoms with E-state index in [9.17, 15) is 15.2 Å². The van der Waals surface area contributed by atoms with Crippen LogP contribution in [0.3, 0.4) is 0 Å². The molecule has 4 heteroatoms. The first kappa shape index (κ1) is 11.2. The van der Waals surface area contributed by atoms with Gasteiger partial charge in [-0.2, -0.15) is 0 Å². The Morgan fingerprint density at radius 2 is 2.27 bits per heavy atom. The Morgan fingerprint density at radius 1 is 1.60 bits per heavy atom. The van der Waals surface area contributed by atoms with Gasteiger partial charge in [-0.15, -0.1) is 0 Å². The highest BCUT2D eigenvalue weighted by Crippen LogP contribution is 2.19. The van der Waals surface area contributed by atoms with Gasteiger partial charge in [0.1, 0.15) is 5.75 Å². The highest BCUT2D eigenvalue weighted by molar-refractivity contribution is 5.54. The molecule has 0 aliphatic heterocycles. The third-order valence-corrected chi connectivity index (χ3v) is 2.16. The van der Waals surface area contributed by atoms with Crippen molar-refractivity contribution in [3.05, 3.63) is 45.1 Å². The van der Waals surface area contributed by atoms with Crippen LogP contribution in [0.25, 0.3) is 6.08 Å². The van der Waals surface area contributed by atoms with Crippen LogP contribution < -0.4 is 0 Å². The van der Waals surface area contributed by atoms with Crippen molar-refractivity contribution in [3.8, 4) is 5.75 Å². The smallest absolute Gasteiger partial charge is 0.246 e. The van der Waals surface area contributed by atoms with Gasteiger partial charge in [0.15, 0.2) is 0 Å². The van der Waals surface area contributed by atoms with Crippen LogP contribution in [0.2, 0.25) is 0 Å². The highest BCUT2D eigenvalue weighted by Gasteiger charge is 2.07. The summed E-state index contributed by atoms with van der Waals surface area (Å²) < 4.78 is 0. The topological polar surface area (TPSA) is 63.4 Å². The molecule has 1 aromatic carbocycles. The molecule has 0 fully saturated rings. The first-order valence-corrected chi connectivity index (χ1v) is 4.69. The molecule has 80 valence electrons. The molecule has 15 heavy (non-hydrogen) atoms. The summed E-state index contributed by atoms with van der Waals surface area (Å²) in [6, 6.07) is 5.00. The molecule has 0 unspecified atom stereocenters. The molecule has 1 N–H and O–H groups in total. The minimum absolute atomic E-state index is 0.137. The van der Waals surface area contributed by atoms with E-state index >= 15 is 0 Å². The molecule has 0 aliphatic carbocycles. The molecule has 0 bridgehead atoms. The fourth-order valence-electron chi connectivity index (χ4n) is 1.19. The summed E-state index contributed by atoms with van der Waals surface area (Å²) >= 11 is 0. The molecule has 0 saturated heterocycles. The molecule has 0 amide bonds. The summed E-state index contributed by atoms with van der Waals surface area (Å²) in [4.78, 5) is 10.2. The number of benzene rings is 1. The Morgan fingerprint density at radius 3 is 2.73 bits per heavy atom. The fourth-order valence-corrected chi connectivity index (χ4v) is 1.19. The predicted octanol–water partition coefficient (Wildman–Crippen LogP) is 2.73. The molecule has 0 spiro atoms. The Labute approximate surface area is 88.0 Å². The van der Waals surface area contributed by atoms with Crippen molar-refractivity contribution in [1.29, 1.82) is 0 Å². The van der Waals surface area contributed by atoms with Crippen molar-refractivity contribution < 1.29 is 10.0 Å². The Hall–Kier alpha value is -1.84. The maximum absolute atomic E-state index is 10.6. The number of nitrogens with zero attached hydrogens (tertiary/aromatic N) is 1. The summed E-state index contributed by atoms with van der Waals surface area (Å²) in [7, 11) is 0. The zero-order valence-corrected chi connectivity index (χ0v) is 8.73. The molecule has 0 heterocycles. The zero-order valence-electron chi connectivity index (χ0n) is 8.73. The maximum atomic E-state index is 10.6. The fraction of sp³-hybridized carbons (Fsp3) is 0.273. The second-order valence-corrected chi connectivity index (χ2v) is 3.29. The average molecular weight is 207 g/mol. The number of phenolic OH excluding ortho intramolecular Hbond substituents is 1. The van der Waals surface area contributed by atoms with Crippen LogP contribution in [0.5, 0.6) is 5.75 Å². The third-order valence-electron chi connectivity index (χ3n) is 2.16. The van der Waals surface area contributed by atoms with Crippen molar-refractivity contribution in [2.45, 2.75) is 20.3 Å². The summed E-state index contributed by atoms with van der Waals surface area (Å²) in [6.07, 6.45) is 1.83. The van der Waals surface area contributed by atoms with Gasteiger partial charge in [-0.1, -0.05) is 19.1 Å². The van der Waals surface area contributed by atoms with Crippen molar-refractivity contribution in [2.24, 2.45) is 0 Å². The number of hydrogen-bond acceptors (Lipinski definition) is 3. The highest BCUT2D eigenvalue weighted by atomic mass is 16.6. The van der Waals surface area contributed by atoms with E-state index in [-0.39, 0.29) is 11.4 Å². The Bertz CT molecular complexity index is 410. The van der Waals surface area contributed by atoms with Crippen molar-refractivity contribution >= 4 is 6.08 Å². The van der Waals surface area contributed by atoms with Gasteiger partial charge in [0, 0.05) is 12.5 Å². The van der Waals surface area contributed by atoms with Gasteiger partial charge in [0.25, 0.3) is 0 Å². The summed E-state index contributed by atoms with van der Waals surface area (Å²) in [5, 5.41) is 20.0. The number of aromatic hydroxyl groups is 1. The predicted molar refractivity (Wildman–Crippen MR) is 58.1 cm³/mol. The molecule has 0 saturated carbocycles.